The number of anilines is 1. The van der Waals surface area contributed by atoms with E-state index in [4.69, 9.17) is 4.74 Å². The van der Waals surface area contributed by atoms with Crippen LogP contribution >= 0.6 is 0 Å². The number of ether oxygens (including phenoxy) is 1. The number of rotatable bonds is 4. The number of piperazine rings is 1. The number of carbonyl (C=O) groups is 1. The molecule has 6 nitrogen and oxygen atoms in total. The molecule has 1 aliphatic rings. The molecule has 2 N–H and O–H groups in total. The lowest BCUT2D eigenvalue weighted by atomic mass is 10.1. The van der Waals surface area contributed by atoms with E-state index in [1.165, 1.54) is 12.1 Å². The number of phenolic OH excluding ortho intramolecular Hbond substituents is 2. The van der Waals surface area contributed by atoms with Gasteiger partial charge in [0.05, 0.1) is 19.2 Å². The second-order valence-corrected chi connectivity index (χ2v) is 6.04. The Balaban J connectivity index is 1.60. The Morgan fingerprint density at radius 3 is 2.44 bits per heavy atom. The molecule has 0 unspecified atom stereocenters. The predicted octanol–water partition coefficient (Wildman–Crippen LogP) is 2.00. The largest absolute Gasteiger partial charge is 0.504 e. The van der Waals surface area contributed by atoms with Gasteiger partial charge in [0, 0.05) is 26.2 Å². The molecule has 0 bridgehead atoms. The molecule has 1 aliphatic heterocycles. The van der Waals surface area contributed by atoms with Gasteiger partial charge in [-0.1, -0.05) is 18.2 Å². The summed E-state index contributed by atoms with van der Waals surface area (Å²) in [7, 11) is 1.66. The molecule has 2 aromatic carbocycles. The summed E-state index contributed by atoms with van der Waals surface area (Å²) in [6, 6.07) is 12.4. The quantitative estimate of drug-likeness (QED) is 0.832. The predicted molar refractivity (Wildman–Crippen MR) is 95.3 cm³/mol. The van der Waals surface area contributed by atoms with Crippen LogP contribution in [-0.4, -0.2) is 54.3 Å². The van der Waals surface area contributed by atoms with Crippen molar-refractivity contribution in [2.24, 2.45) is 0 Å². The van der Waals surface area contributed by atoms with Crippen molar-refractivity contribution in [3.63, 3.8) is 0 Å². The third-order valence-corrected chi connectivity index (χ3v) is 4.45. The van der Waals surface area contributed by atoms with Gasteiger partial charge in [-0.2, -0.15) is 0 Å². The van der Waals surface area contributed by atoms with Gasteiger partial charge in [0.25, 0.3) is 0 Å². The number of phenols is 2. The van der Waals surface area contributed by atoms with Gasteiger partial charge in [0.2, 0.25) is 5.91 Å². The molecule has 1 heterocycles. The zero-order valence-electron chi connectivity index (χ0n) is 14.2. The van der Waals surface area contributed by atoms with Crippen LogP contribution in [0.1, 0.15) is 5.56 Å². The number of hydrogen-bond acceptors (Lipinski definition) is 5. The van der Waals surface area contributed by atoms with Crippen molar-refractivity contribution in [2.45, 2.75) is 6.42 Å². The topological polar surface area (TPSA) is 73.2 Å². The number of carbonyl (C=O) groups excluding carboxylic acids is 1. The highest BCUT2D eigenvalue weighted by Crippen LogP contribution is 2.29. The lowest BCUT2D eigenvalue weighted by molar-refractivity contribution is -0.130. The molecule has 2 aromatic rings. The van der Waals surface area contributed by atoms with Crippen molar-refractivity contribution < 1.29 is 19.7 Å². The Labute approximate surface area is 146 Å². The molecule has 1 fully saturated rings. The highest BCUT2D eigenvalue weighted by atomic mass is 16.5. The van der Waals surface area contributed by atoms with Crippen LogP contribution in [0.5, 0.6) is 17.2 Å². The number of para-hydroxylation sites is 2. The summed E-state index contributed by atoms with van der Waals surface area (Å²) in [5, 5.41) is 18.9. The van der Waals surface area contributed by atoms with Crippen LogP contribution in [0.25, 0.3) is 0 Å². The molecule has 6 heteroatoms. The maximum atomic E-state index is 12.5. The van der Waals surface area contributed by atoms with E-state index >= 15 is 0 Å². The fourth-order valence-electron chi connectivity index (χ4n) is 3.05. The number of benzene rings is 2. The van der Waals surface area contributed by atoms with Gasteiger partial charge >= 0.3 is 0 Å². The Morgan fingerprint density at radius 2 is 1.76 bits per heavy atom. The van der Waals surface area contributed by atoms with Gasteiger partial charge in [-0.3, -0.25) is 4.79 Å². The summed E-state index contributed by atoms with van der Waals surface area (Å²) in [4.78, 5) is 16.5. The van der Waals surface area contributed by atoms with E-state index in [9.17, 15) is 15.0 Å². The maximum Gasteiger partial charge on any atom is 0.227 e. The first-order valence-electron chi connectivity index (χ1n) is 8.25. The molecular weight excluding hydrogens is 320 g/mol. The third-order valence-electron chi connectivity index (χ3n) is 4.45. The van der Waals surface area contributed by atoms with Crippen molar-refractivity contribution in [1.82, 2.24) is 4.90 Å². The molecular formula is C19H22N2O4. The summed E-state index contributed by atoms with van der Waals surface area (Å²) in [5.74, 6) is 0.472. The normalized spacial score (nSPS) is 14.4. The minimum Gasteiger partial charge on any atom is -0.504 e. The molecule has 0 radical (unpaired) electrons. The smallest absolute Gasteiger partial charge is 0.227 e. The highest BCUT2D eigenvalue weighted by Gasteiger charge is 2.23. The van der Waals surface area contributed by atoms with E-state index in [0.717, 1.165) is 24.5 Å². The fourth-order valence-corrected chi connectivity index (χ4v) is 3.05. The van der Waals surface area contributed by atoms with Gasteiger partial charge in [0.15, 0.2) is 11.5 Å². The first-order valence-corrected chi connectivity index (χ1v) is 8.25. The van der Waals surface area contributed by atoms with Gasteiger partial charge < -0.3 is 24.7 Å². The molecule has 0 aliphatic carbocycles. The van der Waals surface area contributed by atoms with Crippen LogP contribution in [-0.2, 0) is 11.2 Å². The summed E-state index contributed by atoms with van der Waals surface area (Å²) in [6.45, 7) is 2.77. The van der Waals surface area contributed by atoms with Crippen molar-refractivity contribution in [2.75, 3.05) is 38.2 Å². The molecule has 0 saturated carbocycles. The van der Waals surface area contributed by atoms with Gasteiger partial charge in [-0.05, 0) is 29.8 Å². The summed E-state index contributed by atoms with van der Waals surface area (Å²) < 4.78 is 5.41. The Hall–Kier alpha value is -2.89. The van der Waals surface area contributed by atoms with Crippen molar-refractivity contribution in [3.8, 4) is 17.2 Å². The van der Waals surface area contributed by atoms with Gasteiger partial charge in [-0.25, -0.2) is 0 Å². The van der Waals surface area contributed by atoms with E-state index in [-0.39, 0.29) is 23.8 Å². The standard InChI is InChI=1S/C19H22N2O4/c1-25-18-5-3-2-4-15(18)20-8-10-21(11-9-20)19(24)13-14-6-7-16(22)17(23)12-14/h2-7,12,22-23H,8-11,13H2,1H3. The first-order chi connectivity index (χ1) is 12.1. The Bertz CT molecular complexity index is 755. The van der Waals surface area contributed by atoms with E-state index in [2.05, 4.69) is 4.90 Å². The molecule has 1 amide bonds. The van der Waals surface area contributed by atoms with E-state index < -0.39 is 0 Å². The second-order valence-electron chi connectivity index (χ2n) is 6.04. The number of methoxy groups -OCH3 is 1. The van der Waals surface area contributed by atoms with E-state index in [0.29, 0.717) is 18.7 Å². The number of aromatic hydroxyl groups is 2. The van der Waals surface area contributed by atoms with E-state index in [1.807, 2.05) is 29.2 Å². The average molecular weight is 342 g/mol. The third kappa shape index (κ3) is 3.79. The SMILES string of the molecule is COc1ccccc1N1CCN(C(=O)Cc2ccc(O)c(O)c2)CC1. The molecule has 0 aromatic heterocycles. The van der Waals surface area contributed by atoms with Crippen LogP contribution in [0.15, 0.2) is 42.5 Å². The average Bonchev–Trinajstić information content (AvgIpc) is 2.65. The zero-order valence-corrected chi connectivity index (χ0v) is 14.2. The Kier molecular flexibility index (Phi) is 4.97. The molecule has 0 spiro atoms. The molecule has 3 rings (SSSR count). The summed E-state index contributed by atoms with van der Waals surface area (Å²) >= 11 is 0. The maximum absolute atomic E-state index is 12.5. The molecule has 25 heavy (non-hydrogen) atoms. The minimum absolute atomic E-state index is 0.0183. The monoisotopic (exact) mass is 342 g/mol. The summed E-state index contributed by atoms with van der Waals surface area (Å²) in [5.41, 5.74) is 1.73. The van der Waals surface area contributed by atoms with E-state index in [1.54, 1.807) is 13.2 Å². The zero-order chi connectivity index (χ0) is 17.8. The Morgan fingerprint density at radius 1 is 1.04 bits per heavy atom. The van der Waals surface area contributed by atoms with Crippen molar-refractivity contribution in [1.29, 1.82) is 0 Å². The lowest BCUT2D eigenvalue weighted by Gasteiger charge is -2.36. The highest BCUT2D eigenvalue weighted by molar-refractivity contribution is 5.79. The first kappa shape index (κ1) is 17.0. The molecule has 1 saturated heterocycles. The molecule has 0 atom stereocenters. The summed E-state index contributed by atoms with van der Waals surface area (Å²) in [6.07, 6.45) is 0.211. The van der Waals surface area contributed by atoms with Gasteiger partial charge in [-0.15, -0.1) is 0 Å². The van der Waals surface area contributed by atoms with Crippen molar-refractivity contribution >= 4 is 11.6 Å². The van der Waals surface area contributed by atoms with Gasteiger partial charge in [0.1, 0.15) is 5.75 Å². The van der Waals surface area contributed by atoms with Crippen LogP contribution in [0.3, 0.4) is 0 Å². The van der Waals surface area contributed by atoms with Crippen LogP contribution in [0, 0.1) is 0 Å². The van der Waals surface area contributed by atoms with Crippen LogP contribution in [0.2, 0.25) is 0 Å². The van der Waals surface area contributed by atoms with Crippen LogP contribution in [0.4, 0.5) is 5.69 Å². The second kappa shape index (κ2) is 7.34. The number of hydrogen-bond donors (Lipinski definition) is 2. The lowest BCUT2D eigenvalue weighted by Crippen LogP contribution is -2.49. The van der Waals surface area contributed by atoms with Crippen LogP contribution < -0.4 is 9.64 Å². The number of nitrogens with zero attached hydrogens (tertiary/aromatic N) is 2. The number of amides is 1. The molecule has 132 valence electrons. The minimum atomic E-state index is -0.203. The fraction of sp³-hybridized carbons (Fsp3) is 0.316. The van der Waals surface area contributed by atoms with Crippen molar-refractivity contribution in [3.05, 3.63) is 48.0 Å².